The van der Waals surface area contributed by atoms with Gasteiger partial charge in [-0.15, -0.1) is 11.3 Å². The quantitative estimate of drug-likeness (QED) is 0.347. The highest BCUT2D eigenvalue weighted by Gasteiger charge is 2.33. The summed E-state index contributed by atoms with van der Waals surface area (Å²) in [6.07, 6.45) is 3.02. The van der Waals surface area contributed by atoms with Crippen molar-refractivity contribution in [2.75, 3.05) is 24.7 Å². The van der Waals surface area contributed by atoms with E-state index in [4.69, 9.17) is 4.74 Å². The maximum atomic E-state index is 12.7. The van der Waals surface area contributed by atoms with Crippen molar-refractivity contribution in [2.24, 2.45) is 0 Å². The van der Waals surface area contributed by atoms with Crippen LogP contribution in [-0.2, 0) is 20.8 Å². The van der Waals surface area contributed by atoms with Crippen LogP contribution < -0.4 is 10.1 Å². The van der Waals surface area contributed by atoms with Gasteiger partial charge < -0.3 is 10.1 Å². The van der Waals surface area contributed by atoms with Crippen LogP contribution in [0.3, 0.4) is 0 Å². The number of anilines is 2. The predicted octanol–water partition coefficient (Wildman–Crippen LogP) is 3.16. The number of rotatable bonds is 8. The van der Waals surface area contributed by atoms with Crippen LogP contribution in [0, 0.1) is 10.1 Å². The lowest BCUT2D eigenvalue weighted by Crippen LogP contribution is -2.41. The van der Waals surface area contributed by atoms with E-state index in [0.29, 0.717) is 23.4 Å². The number of benzene rings is 1. The number of nitrogens with one attached hydrogen (secondary N) is 1. The monoisotopic (exact) mass is 523 g/mol. The Hall–Kier alpha value is -2.94. The summed E-state index contributed by atoms with van der Waals surface area (Å²) >= 11 is 1.16. The standard InChI is InChI=1S/C20H21N5O6S3/c1-33(28)16-6-4-14(5-7-16)23-19-18(25(26)27)20(22-13-21-19)31-15-8-10-24(11-9-15)34(29,30)17-3-2-12-32-17/h2-7,12-13,15H,8-11H2,1H3,(H,21,22,23). The molecule has 4 rings (SSSR count). The Morgan fingerprint density at radius 3 is 2.50 bits per heavy atom. The van der Waals surface area contributed by atoms with E-state index in [9.17, 15) is 22.7 Å². The van der Waals surface area contributed by atoms with Crippen LogP contribution in [0.4, 0.5) is 17.2 Å². The summed E-state index contributed by atoms with van der Waals surface area (Å²) in [6, 6.07) is 9.85. The van der Waals surface area contributed by atoms with Crippen LogP contribution in [0.1, 0.15) is 12.8 Å². The largest absolute Gasteiger partial charge is 0.469 e. The van der Waals surface area contributed by atoms with Crippen LogP contribution >= 0.6 is 11.3 Å². The Labute approximate surface area is 202 Å². The molecule has 1 aromatic carbocycles. The minimum Gasteiger partial charge on any atom is -0.469 e. The van der Waals surface area contributed by atoms with Crippen LogP contribution in [-0.4, -0.2) is 57.3 Å². The topological polar surface area (TPSA) is 145 Å². The average molecular weight is 524 g/mol. The maximum absolute atomic E-state index is 12.7. The average Bonchev–Trinajstić information content (AvgIpc) is 3.36. The number of hydrogen-bond acceptors (Lipinski definition) is 10. The Balaban J connectivity index is 1.47. The first kappa shape index (κ1) is 24.2. The Morgan fingerprint density at radius 2 is 1.91 bits per heavy atom. The molecular formula is C20H21N5O6S3. The lowest BCUT2D eigenvalue weighted by molar-refractivity contribution is -0.385. The van der Waals surface area contributed by atoms with Crippen LogP contribution in [0.25, 0.3) is 0 Å². The van der Waals surface area contributed by atoms with E-state index in [1.54, 1.807) is 48.0 Å². The molecule has 0 spiro atoms. The summed E-state index contributed by atoms with van der Waals surface area (Å²) in [5.41, 5.74) is 0.105. The van der Waals surface area contributed by atoms with E-state index in [2.05, 4.69) is 15.3 Å². The van der Waals surface area contributed by atoms with Gasteiger partial charge in [0.25, 0.3) is 15.9 Å². The van der Waals surface area contributed by atoms with Gasteiger partial charge in [0.15, 0.2) is 0 Å². The van der Waals surface area contributed by atoms with Gasteiger partial charge >= 0.3 is 5.69 Å². The fourth-order valence-electron chi connectivity index (χ4n) is 3.46. The highest BCUT2D eigenvalue weighted by Crippen LogP contribution is 2.35. The molecule has 3 heterocycles. The number of piperidine rings is 1. The van der Waals surface area contributed by atoms with E-state index in [1.807, 2.05) is 0 Å². The lowest BCUT2D eigenvalue weighted by Gasteiger charge is -2.30. The predicted molar refractivity (Wildman–Crippen MR) is 127 cm³/mol. The van der Waals surface area contributed by atoms with Crippen molar-refractivity contribution < 1.29 is 22.3 Å². The molecule has 0 saturated carbocycles. The SMILES string of the molecule is CS(=O)c1ccc(Nc2ncnc(OC3CCN(S(=O)(=O)c4cccs4)CC3)c2[N+](=O)[O-])cc1. The molecule has 11 nitrogen and oxygen atoms in total. The van der Waals surface area contributed by atoms with Crippen molar-refractivity contribution >= 4 is 49.4 Å². The highest BCUT2D eigenvalue weighted by molar-refractivity contribution is 7.91. The molecule has 0 amide bonds. The molecule has 3 aromatic rings. The van der Waals surface area contributed by atoms with Gasteiger partial charge in [-0.1, -0.05) is 6.07 Å². The molecule has 1 unspecified atom stereocenters. The molecule has 0 radical (unpaired) electrons. The second kappa shape index (κ2) is 10.1. The summed E-state index contributed by atoms with van der Waals surface area (Å²) < 4.78 is 44.5. The molecule has 0 bridgehead atoms. The van der Waals surface area contributed by atoms with Gasteiger partial charge in [0.2, 0.25) is 5.82 Å². The van der Waals surface area contributed by atoms with Gasteiger partial charge in [-0.2, -0.15) is 9.29 Å². The van der Waals surface area contributed by atoms with Gasteiger partial charge in [0.05, 0.1) is 4.92 Å². The first-order valence-corrected chi connectivity index (χ1v) is 14.0. The molecule has 1 aliphatic heterocycles. The summed E-state index contributed by atoms with van der Waals surface area (Å²) in [7, 11) is -4.70. The highest BCUT2D eigenvalue weighted by atomic mass is 32.2. The van der Waals surface area contributed by atoms with Crippen molar-refractivity contribution in [3.05, 3.63) is 58.2 Å². The number of nitrogens with zero attached hydrogens (tertiary/aromatic N) is 4. The first-order chi connectivity index (χ1) is 16.3. The third kappa shape index (κ3) is 5.24. The molecule has 14 heteroatoms. The van der Waals surface area contributed by atoms with Crippen LogP contribution in [0.5, 0.6) is 5.88 Å². The first-order valence-electron chi connectivity index (χ1n) is 10.2. The van der Waals surface area contributed by atoms with Gasteiger partial charge in [0.1, 0.15) is 16.6 Å². The maximum Gasteiger partial charge on any atom is 0.373 e. The molecule has 34 heavy (non-hydrogen) atoms. The zero-order chi connectivity index (χ0) is 24.3. The Bertz CT molecular complexity index is 1290. The van der Waals surface area contributed by atoms with Crippen molar-refractivity contribution in [1.29, 1.82) is 0 Å². The summed E-state index contributed by atoms with van der Waals surface area (Å²) in [6.45, 7) is 0.472. The van der Waals surface area contributed by atoms with E-state index >= 15 is 0 Å². The zero-order valence-electron chi connectivity index (χ0n) is 18.0. The second-order valence-corrected chi connectivity index (χ2v) is 11.9. The van der Waals surface area contributed by atoms with E-state index in [1.165, 1.54) is 4.31 Å². The molecule has 1 saturated heterocycles. The van der Waals surface area contributed by atoms with Gasteiger partial charge in [-0.25, -0.2) is 13.4 Å². The van der Waals surface area contributed by atoms with Gasteiger partial charge in [0, 0.05) is 40.7 Å². The van der Waals surface area contributed by atoms with Crippen LogP contribution in [0.15, 0.2) is 57.2 Å². The Kier molecular flexibility index (Phi) is 7.21. The molecule has 2 aromatic heterocycles. The third-order valence-electron chi connectivity index (χ3n) is 5.19. The second-order valence-electron chi connectivity index (χ2n) is 7.39. The van der Waals surface area contributed by atoms with Crippen molar-refractivity contribution in [2.45, 2.75) is 28.1 Å². The van der Waals surface area contributed by atoms with E-state index in [0.717, 1.165) is 17.7 Å². The van der Waals surface area contributed by atoms with E-state index in [-0.39, 0.29) is 29.0 Å². The van der Waals surface area contributed by atoms with Crippen LogP contribution in [0.2, 0.25) is 0 Å². The summed E-state index contributed by atoms with van der Waals surface area (Å²) in [5, 5.41) is 16.4. The summed E-state index contributed by atoms with van der Waals surface area (Å²) in [4.78, 5) is 19.8. The van der Waals surface area contributed by atoms with Crippen molar-refractivity contribution in [1.82, 2.24) is 14.3 Å². The minimum atomic E-state index is -3.55. The van der Waals surface area contributed by atoms with Crippen molar-refractivity contribution in [3.8, 4) is 5.88 Å². The molecule has 1 aliphatic rings. The van der Waals surface area contributed by atoms with Gasteiger partial charge in [-0.05, 0) is 48.6 Å². The molecule has 1 fully saturated rings. The minimum absolute atomic E-state index is 0.0434. The fourth-order valence-corrected chi connectivity index (χ4v) is 6.59. The molecule has 180 valence electrons. The van der Waals surface area contributed by atoms with Gasteiger partial charge in [-0.3, -0.25) is 14.3 Å². The van der Waals surface area contributed by atoms with E-state index < -0.39 is 37.5 Å². The van der Waals surface area contributed by atoms with Crippen molar-refractivity contribution in [3.63, 3.8) is 0 Å². The number of sulfonamides is 1. The third-order valence-corrected chi connectivity index (χ3v) is 9.40. The summed E-state index contributed by atoms with van der Waals surface area (Å²) in [5.74, 6) is -0.230. The smallest absolute Gasteiger partial charge is 0.373 e. The number of thiophene rings is 1. The molecular weight excluding hydrogens is 502 g/mol. The normalized spacial score (nSPS) is 16.1. The number of nitro groups is 1. The number of aromatic nitrogens is 2. The number of hydrogen-bond donors (Lipinski definition) is 1. The fraction of sp³-hybridized carbons (Fsp3) is 0.300. The molecule has 0 aliphatic carbocycles. The molecule has 1 N–H and O–H groups in total. The lowest BCUT2D eigenvalue weighted by atomic mass is 10.1. The number of ether oxygens (including phenoxy) is 1. The zero-order valence-corrected chi connectivity index (χ0v) is 20.4. The molecule has 1 atom stereocenters. The Morgan fingerprint density at radius 1 is 1.21 bits per heavy atom.